The highest BCUT2D eigenvalue weighted by Crippen LogP contribution is 2.44. The van der Waals surface area contributed by atoms with Crippen LogP contribution in [0, 0.1) is 0 Å². The van der Waals surface area contributed by atoms with Gasteiger partial charge >= 0.3 is 0 Å². The molecule has 1 atom stereocenters. The van der Waals surface area contributed by atoms with Crippen molar-refractivity contribution in [2.45, 2.75) is 43.9 Å². The van der Waals surface area contributed by atoms with E-state index in [9.17, 15) is 9.90 Å². The molecule has 2 fully saturated rings. The SMILES string of the molecule is O=c1c2c(-c3noc(C4(O)CC4)n3)ncn2c2ccccc2n1CC1CCCO1. The molecule has 9 heteroatoms. The number of aromatic nitrogens is 5. The molecule has 0 amide bonds. The molecule has 0 radical (unpaired) electrons. The summed E-state index contributed by atoms with van der Waals surface area (Å²) >= 11 is 0. The van der Waals surface area contributed by atoms with Gasteiger partial charge in [0.25, 0.3) is 11.4 Å². The van der Waals surface area contributed by atoms with Crippen molar-refractivity contribution < 1.29 is 14.4 Å². The summed E-state index contributed by atoms with van der Waals surface area (Å²) in [4.78, 5) is 22.2. The summed E-state index contributed by atoms with van der Waals surface area (Å²) in [5, 5.41) is 14.2. The molecule has 1 aromatic carbocycles. The van der Waals surface area contributed by atoms with Gasteiger partial charge in [-0.25, -0.2) is 4.98 Å². The largest absolute Gasteiger partial charge is 0.380 e. The van der Waals surface area contributed by atoms with Crippen molar-refractivity contribution in [2.75, 3.05) is 6.61 Å². The van der Waals surface area contributed by atoms with Crippen LogP contribution < -0.4 is 5.56 Å². The maximum absolute atomic E-state index is 13.5. The Kier molecular flexibility index (Phi) is 3.48. The van der Waals surface area contributed by atoms with Gasteiger partial charge < -0.3 is 18.9 Å². The Balaban J connectivity index is 1.57. The maximum Gasteiger partial charge on any atom is 0.277 e. The molecule has 4 aromatic rings. The fourth-order valence-electron chi connectivity index (χ4n) is 4.05. The number of rotatable bonds is 4. The van der Waals surface area contributed by atoms with Gasteiger partial charge in [-0.1, -0.05) is 17.3 Å². The Hall–Kier alpha value is -3.04. The number of ether oxygens (including phenoxy) is 1. The van der Waals surface area contributed by atoms with Gasteiger partial charge in [0.05, 0.1) is 23.7 Å². The molecule has 6 rings (SSSR count). The monoisotopic (exact) mass is 393 g/mol. The Labute approximate surface area is 164 Å². The van der Waals surface area contributed by atoms with Crippen molar-refractivity contribution in [1.29, 1.82) is 0 Å². The predicted molar refractivity (Wildman–Crippen MR) is 102 cm³/mol. The summed E-state index contributed by atoms with van der Waals surface area (Å²) in [6, 6.07) is 7.73. The minimum atomic E-state index is -1.03. The van der Waals surface area contributed by atoms with E-state index in [2.05, 4.69) is 15.1 Å². The van der Waals surface area contributed by atoms with Crippen molar-refractivity contribution in [3.05, 3.63) is 46.8 Å². The smallest absolute Gasteiger partial charge is 0.277 e. The highest BCUT2D eigenvalue weighted by atomic mass is 16.5. The maximum atomic E-state index is 13.5. The second-order valence-corrected chi connectivity index (χ2v) is 7.81. The van der Waals surface area contributed by atoms with Crippen LogP contribution in [0.15, 0.2) is 39.9 Å². The van der Waals surface area contributed by atoms with E-state index < -0.39 is 5.60 Å². The summed E-state index contributed by atoms with van der Waals surface area (Å²) in [6.45, 7) is 1.21. The molecule has 148 valence electrons. The Morgan fingerprint density at radius 2 is 2.07 bits per heavy atom. The first-order valence-corrected chi connectivity index (χ1v) is 9.81. The molecule has 1 unspecified atom stereocenters. The van der Waals surface area contributed by atoms with Gasteiger partial charge in [0.15, 0.2) is 0 Å². The van der Waals surface area contributed by atoms with Crippen LogP contribution in [0.3, 0.4) is 0 Å². The Bertz CT molecular complexity index is 1290. The minimum Gasteiger partial charge on any atom is -0.380 e. The molecule has 3 aromatic heterocycles. The van der Waals surface area contributed by atoms with Crippen LogP contribution in [0.25, 0.3) is 28.1 Å². The van der Waals surface area contributed by atoms with Crippen LogP contribution in [-0.2, 0) is 16.9 Å². The topological polar surface area (TPSA) is 108 Å². The molecular weight excluding hydrogens is 374 g/mol. The van der Waals surface area contributed by atoms with Crippen LogP contribution in [-0.4, -0.2) is 41.9 Å². The average Bonchev–Trinajstić information content (AvgIpc) is 3.21. The molecule has 9 nitrogen and oxygen atoms in total. The normalized spacial score (nSPS) is 20.7. The predicted octanol–water partition coefficient (Wildman–Crippen LogP) is 1.86. The standard InChI is InChI=1S/C20H19N5O4/c26-18-16-15(17-22-19(29-23-17)20(27)7-8-20)21-11-25(16)14-6-2-1-5-13(14)24(18)10-12-4-3-9-28-12/h1-2,5-6,11-12,27H,3-4,7-10H2. The molecule has 1 saturated carbocycles. The summed E-state index contributed by atoms with van der Waals surface area (Å²) < 4.78 is 14.5. The first kappa shape index (κ1) is 16.9. The lowest BCUT2D eigenvalue weighted by atomic mass is 10.2. The second-order valence-electron chi connectivity index (χ2n) is 7.81. The van der Waals surface area contributed by atoms with Gasteiger partial charge in [-0.15, -0.1) is 0 Å². The van der Waals surface area contributed by atoms with E-state index >= 15 is 0 Å². The van der Waals surface area contributed by atoms with E-state index in [0.717, 1.165) is 30.5 Å². The van der Waals surface area contributed by atoms with Crippen LogP contribution in [0.4, 0.5) is 0 Å². The fraction of sp³-hybridized carbons (Fsp3) is 0.400. The number of nitrogens with zero attached hydrogens (tertiary/aromatic N) is 5. The number of hydrogen-bond donors (Lipinski definition) is 1. The lowest BCUT2D eigenvalue weighted by molar-refractivity contribution is 0.0973. The first-order chi connectivity index (χ1) is 14.1. The van der Waals surface area contributed by atoms with Crippen LogP contribution in [0.1, 0.15) is 31.6 Å². The number of para-hydroxylation sites is 2. The number of benzene rings is 1. The van der Waals surface area contributed by atoms with E-state index in [-0.39, 0.29) is 23.4 Å². The van der Waals surface area contributed by atoms with E-state index in [1.807, 2.05) is 24.3 Å². The molecule has 29 heavy (non-hydrogen) atoms. The number of imidazole rings is 1. The zero-order valence-electron chi connectivity index (χ0n) is 15.6. The van der Waals surface area contributed by atoms with Crippen molar-refractivity contribution in [3.8, 4) is 11.5 Å². The minimum absolute atomic E-state index is 0.0193. The third-order valence-corrected chi connectivity index (χ3v) is 5.82. The molecule has 1 N–H and O–H groups in total. The zero-order chi connectivity index (χ0) is 19.6. The van der Waals surface area contributed by atoms with Gasteiger partial charge in [0, 0.05) is 6.61 Å². The van der Waals surface area contributed by atoms with Crippen molar-refractivity contribution in [3.63, 3.8) is 0 Å². The van der Waals surface area contributed by atoms with E-state index in [0.29, 0.717) is 30.6 Å². The van der Waals surface area contributed by atoms with Gasteiger partial charge in [-0.05, 0) is 37.8 Å². The molecular formula is C20H19N5O4. The van der Waals surface area contributed by atoms with Gasteiger partial charge in [0.1, 0.15) is 23.1 Å². The van der Waals surface area contributed by atoms with Crippen molar-refractivity contribution in [1.82, 2.24) is 24.1 Å². The third kappa shape index (κ3) is 2.54. The quantitative estimate of drug-likeness (QED) is 0.564. The highest BCUT2D eigenvalue weighted by molar-refractivity contribution is 5.83. The number of fused-ring (bicyclic) bond motifs is 3. The van der Waals surface area contributed by atoms with Gasteiger partial charge in [-0.3, -0.25) is 9.20 Å². The Morgan fingerprint density at radius 1 is 1.24 bits per heavy atom. The van der Waals surface area contributed by atoms with E-state index in [4.69, 9.17) is 9.26 Å². The fourth-order valence-corrected chi connectivity index (χ4v) is 4.05. The molecule has 4 heterocycles. The summed E-state index contributed by atoms with van der Waals surface area (Å²) in [5.74, 6) is 0.382. The van der Waals surface area contributed by atoms with E-state index in [1.165, 1.54) is 0 Å². The number of aliphatic hydroxyl groups is 1. The molecule has 1 aliphatic carbocycles. The van der Waals surface area contributed by atoms with Crippen LogP contribution >= 0.6 is 0 Å². The average molecular weight is 393 g/mol. The summed E-state index contributed by atoms with van der Waals surface area (Å²) in [7, 11) is 0. The molecule has 2 aliphatic rings. The Morgan fingerprint density at radius 3 is 2.83 bits per heavy atom. The molecule has 0 bridgehead atoms. The van der Waals surface area contributed by atoms with E-state index in [1.54, 1.807) is 15.3 Å². The van der Waals surface area contributed by atoms with Crippen LogP contribution in [0.2, 0.25) is 0 Å². The highest BCUT2D eigenvalue weighted by Gasteiger charge is 2.48. The lowest BCUT2D eigenvalue weighted by Gasteiger charge is -2.16. The lowest BCUT2D eigenvalue weighted by Crippen LogP contribution is -2.28. The van der Waals surface area contributed by atoms with Crippen molar-refractivity contribution in [2.24, 2.45) is 0 Å². The summed E-state index contributed by atoms with van der Waals surface area (Å²) in [6.07, 6.45) is 4.75. The molecule has 1 aliphatic heterocycles. The third-order valence-electron chi connectivity index (χ3n) is 5.82. The summed E-state index contributed by atoms with van der Waals surface area (Å²) in [5.41, 5.74) is 1.21. The van der Waals surface area contributed by atoms with Crippen molar-refractivity contribution >= 4 is 16.6 Å². The molecule has 1 saturated heterocycles. The van der Waals surface area contributed by atoms with Gasteiger partial charge in [-0.2, -0.15) is 4.98 Å². The van der Waals surface area contributed by atoms with Gasteiger partial charge in [0.2, 0.25) is 5.82 Å². The number of hydrogen-bond acceptors (Lipinski definition) is 7. The molecule has 0 spiro atoms. The first-order valence-electron chi connectivity index (χ1n) is 9.81. The zero-order valence-corrected chi connectivity index (χ0v) is 15.6. The van der Waals surface area contributed by atoms with Crippen LogP contribution in [0.5, 0.6) is 0 Å². The second kappa shape index (κ2) is 5.98.